The van der Waals surface area contributed by atoms with E-state index in [1.165, 1.54) is 19.4 Å². The van der Waals surface area contributed by atoms with Gasteiger partial charge in [-0.2, -0.15) is 5.10 Å². The van der Waals surface area contributed by atoms with Gasteiger partial charge in [-0.15, -0.1) is 0 Å². The predicted molar refractivity (Wildman–Crippen MR) is 102 cm³/mol. The number of amides is 1. The lowest BCUT2D eigenvalue weighted by Crippen LogP contribution is -2.39. The number of carbonyl (C=O) groups is 1. The van der Waals surface area contributed by atoms with E-state index in [4.69, 9.17) is 4.74 Å². The van der Waals surface area contributed by atoms with Gasteiger partial charge in [0, 0.05) is 24.4 Å². The van der Waals surface area contributed by atoms with Gasteiger partial charge < -0.3 is 9.64 Å². The van der Waals surface area contributed by atoms with Gasteiger partial charge in [0.1, 0.15) is 5.75 Å². The summed E-state index contributed by atoms with van der Waals surface area (Å²) < 4.78 is 5.91. The first-order valence-corrected chi connectivity index (χ1v) is 10.1. The van der Waals surface area contributed by atoms with Crippen LogP contribution in [0.2, 0.25) is 0 Å². The number of fused-ring (bicyclic) bond motifs is 1. The SMILES string of the molecule is CC1CCCN1CCCOc1ccc(C2=NNC(=O)C3CCCC23)cc1. The van der Waals surface area contributed by atoms with E-state index in [0.29, 0.717) is 0 Å². The summed E-state index contributed by atoms with van der Waals surface area (Å²) in [7, 11) is 0. The predicted octanol–water partition coefficient (Wildman–Crippen LogP) is 3.19. The average Bonchev–Trinajstić information content (AvgIpc) is 3.30. The second kappa shape index (κ2) is 7.78. The molecule has 0 aromatic heterocycles. The summed E-state index contributed by atoms with van der Waals surface area (Å²) in [5.74, 6) is 1.37. The molecule has 3 atom stereocenters. The Morgan fingerprint density at radius 3 is 2.73 bits per heavy atom. The highest BCUT2D eigenvalue weighted by Crippen LogP contribution is 2.36. The molecule has 26 heavy (non-hydrogen) atoms. The summed E-state index contributed by atoms with van der Waals surface area (Å²) in [5, 5.41) is 4.35. The third-order valence-electron chi connectivity index (χ3n) is 6.19. The van der Waals surface area contributed by atoms with Crippen molar-refractivity contribution in [3.05, 3.63) is 29.8 Å². The molecule has 1 saturated heterocycles. The van der Waals surface area contributed by atoms with Crippen LogP contribution < -0.4 is 10.2 Å². The molecule has 3 unspecified atom stereocenters. The number of likely N-dealkylation sites (tertiary alicyclic amines) is 1. The molecule has 2 aliphatic heterocycles. The van der Waals surface area contributed by atoms with E-state index in [9.17, 15) is 4.79 Å². The summed E-state index contributed by atoms with van der Waals surface area (Å²) >= 11 is 0. The van der Waals surface area contributed by atoms with E-state index in [-0.39, 0.29) is 17.7 Å². The number of ether oxygens (including phenoxy) is 1. The maximum Gasteiger partial charge on any atom is 0.243 e. The lowest BCUT2D eigenvalue weighted by Gasteiger charge is -2.25. The number of benzene rings is 1. The van der Waals surface area contributed by atoms with E-state index < -0.39 is 0 Å². The van der Waals surface area contributed by atoms with Crippen LogP contribution in [0.25, 0.3) is 0 Å². The summed E-state index contributed by atoms with van der Waals surface area (Å²) in [4.78, 5) is 14.5. The summed E-state index contributed by atoms with van der Waals surface area (Å²) in [6, 6.07) is 8.92. The zero-order chi connectivity index (χ0) is 17.9. The zero-order valence-electron chi connectivity index (χ0n) is 15.6. The molecule has 2 fully saturated rings. The van der Waals surface area contributed by atoms with E-state index in [1.54, 1.807) is 0 Å². The van der Waals surface area contributed by atoms with Crippen LogP contribution >= 0.6 is 0 Å². The van der Waals surface area contributed by atoms with Gasteiger partial charge in [0.05, 0.1) is 12.3 Å². The molecule has 1 aromatic rings. The molecule has 2 heterocycles. The fourth-order valence-corrected chi connectivity index (χ4v) is 4.67. The number of hydrazone groups is 1. The topological polar surface area (TPSA) is 53.9 Å². The van der Waals surface area contributed by atoms with Crippen molar-refractivity contribution < 1.29 is 9.53 Å². The summed E-state index contributed by atoms with van der Waals surface area (Å²) in [6.07, 6.45) is 6.87. The van der Waals surface area contributed by atoms with Crippen LogP contribution in [0.5, 0.6) is 5.75 Å². The third kappa shape index (κ3) is 3.63. The Kier molecular flexibility index (Phi) is 5.25. The number of nitrogens with zero attached hydrogens (tertiary/aromatic N) is 2. The van der Waals surface area contributed by atoms with Crippen molar-refractivity contribution >= 4 is 11.6 Å². The number of hydrogen-bond acceptors (Lipinski definition) is 4. The Morgan fingerprint density at radius 2 is 1.96 bits per heavy atom. The van der Waals surface area contributed by atoms with Gasteiger partial charge >= 0.3 is 0 Å². The number of hydrogen-bond donors (Lipinski definition) is 1. The third-order valence-corrected chi connectivity index (χ3v) is 6.19. The monoisotopic (exact) mass is 355 g/mol. The fraction of sp³-hybridized carbons (Fsp3) is 0.619. The summed E-state index contributed by atoms with van der Waals surface area (Å²) in [5.41, 5.74) is 4.83. The van der Waals surface area contributed by atoms with Crippen molar-refractivity contribution in [3.63, 3.8) is 0 Å². The molecule has 0 spiro atoms. The quantitative estimate of drug-likeness (QED) is 0.798. The molecule has 1 saturated carbocycles. The molecule has 3 aliphatic rings. The van der Waals surface area contributed by atoms with Gasteiger partial charge in [-0.05, 0) is 75.4 Å². The van der Waals surface area contributed by atoms with Crippen LogP contribution in [-0.2, 0) is 4.79 Å². The molecule has 1 aliphatic carbocycles. The number of rotatable bonds is 6. The largest absolute Gasteiger partial charge is 0.494 e. The van der Waals surface area contributed by atoms with Gasteiger partial charge in [0.2, 0.25) is 5.91 Å². The maximum atomic E-state index is 11.9. The minimum Gasteiger partial charge on any atom is -0.494 e. The standard InChI is InChI=1S/C21H29N3O2/c1-15-5-3-12-24(15)13-4-14-26-17-10-8-16(9-11-17)20-18-6-2-7-19(18)21(25)23-22-20/h8-11,15,18-19H,2-7,12-14H2,1H3,(H,23,25). The first-order valence-electron chi connectivity index (χ1n) is 10.1. The number of nitrogens with one attached hydrogen (secondary N) is 1. The highest BCUT2D eigenvalue weighted by molar-refractivity contribution is 6.06. The molecule has 1 aromatic carbocycles. The van der Waals surface area contributed by atoms with Gasteiger partial charge in [-0.3, -0.25) is 4.79 Å². The summed E-state index contributed by atoms with van der Waals surface area (Å²) in [6.45, 7) is 5.43. The molecule has 1 N–H and O–H groups in total. The highest BCUT2D eigenvalue weighted by atomic mass is 16.5. The van der Waals surface area contributed by atoms with Crippen molar-refractivity contribution in [1.29, 1.82) is 0 Å². The van der Waals surface area contributed by atoms with Crippen LogP contribution in [0.4, 0.5) is 0 Å². The Balaban J connectivity index is 1.30. The molecule has 140 valence electrons. The minimum atomic E-state index is 0.0866. The zero-order valence-corrected chi connectivity index (χ0v) is 15.6. The normalized spacial score (nSPS) is 28.6. The van der Waals surface area contributed by atoms with Crippen molar-refractivity contribution in [2.45, 2.75) is 51.5 Å². The maximum absolute atomic E-state index is 11.9. The molecule has 4 rings (SSSR count). The van der Waals surface area contributed by atoms with Crippen molar-refractivity contribution in [2.75, 3.05) is 19.7 Å². The van der Waals surface area contributed by atoms with Gasteiger partial charge in [0.25, 0.3) is 0 Å². The van der Waals surface area contributed by atoms with E-state index in [2.05, 4.69) is 34.5 Å². The molecular formula is C21H29N3O2. The molecule has 0 radical (unpaired) electrons. The van der Waals surface area contributed by atoms with Crippen molar-refractivity contribution in [3.8, 4) is 5.75 Å². The van der Waals surface area contributed by atoms with Crippen LogP contribution in [0, 0.1) is 11.8 Å². The molecule has 1 amide bonds. The average molecular weight is 355 g/mol. The van der Waals surface area contributed by atoms with Crippen LogP contribution in [-0.4, -0.2) is 42.3 Å². The smallest absolute Gasteiger partial charge is 0.243 e. The van der Waals surface area contributed by atoms with E-state index in [0.717, 1.165) is 61.9 Å². The second-order valence-corrected chi connectivity index (χ2v) is 7.87. The van der Waals surface area contributed by atoms with Crippen molar-refractivity contribution in [2.24, 2.45) is 16.9 Å². The highest BCUT2D eigenvalue weighted by Gasteiger charge is 2.39. The Hall–Kier alpha value is -1.88. The first-order chi connectivity index (χ1) is 12.7. The lowest BCUT2D eigenvalue weighted by atomic mass is 9.86. The Morgan fingerprint density at radius 1 is 1.15 bits per heavy atom. The van der Waals surface area contributed by atoms with Crippen LogP contribution in [0.3, 0.4) is 0 Å². The Labute approximate surface area is 155 Å². The molecule has 5 nitrogen and oxygen atoms in total. The van der Waals surface area contributed by atoms with Gasteiger partial charge in [0.15, 0.2) is 0 Å². The van der Waals surface area contributed by atoms with Crippen LogP contribution in [0.15, 0.2) is 29.4 Å². The molecule has 0 bridgehead atoms. The van der Waals surface area contributed by atoms with E-state index >= 15 is 0 Å². The van der Waals surface area contributed by atoms with E-state index in [1.807, 2.05) is 12.1 Å². The molecular weight excluding hydrogens is 326 g/mol. The fourth-order valence-electron chi connectivity index (χ4n) is 4.67. The molecule has 5 heteroatoms. The van der Waals surface area contributed by atoms with Crippen LogP contribution in [0.1, 0.15) is 51.0 Å². The minimum absolute atomic E-state index is 0.0866. The van der Waals surface area contributed by atoms with Gasteiger partial charge in [-0.25, -0.2) is 5.43 Å². The van der Waals surface area contributed by atoms with Crippen molar-refractivity contribution in [1.82, 2.24) is 10.3 Å². The second-order valence-electron chi connectivity index (χ2n) is 7.87. The number of carbonyl (C=O) groups excluding carboxylic acids is 1. The lowest BCUT2D eigenvalue weighted by molar-refractivity contribution is -0.125. The first kappa shape index (κ1) is 17.5. The Bertz CT molecular complexity index is 670. The van der Waals surface area contributed by atoms with Gasteiger partial charge in [-0.1, -0.05) is 6.42 Å².